The number of aromatic nitrogens is 1. The third-order valence-corrected chi connectivity index (χ3v) is 4.57. The summed E-state index contributed by atoms with van der Waals surface area (Å²) in [4.78, 5) is 33.7. The first-order valence-corrected chi connectivity index (χ1v) is 8.26. The van der Waals surface area contributed by atoms with Crippen LogP contribution in [0, 0.1) is 11.6 Å². The maximum Gasteiger partial charge on any atom is 0.231 e. The maximum atomic E-state index is 14.5. The van der Waals surface area contributed by atoms with Gasteiger partial charge in [-0.2, -0.15) is 0 Å². The number of guanidine groups is 1. The average Bonchev–Trinajstić information content (AvgIpc) is 2.61. The number of benzene rings is 1. The van der Waals surface area contributed by atoms with Gasteiger partial charge in [0.1, 0.15) is 11.5 Å². The van der Waals surface area contributed by atoms with Gasteiger partial charge in [-0.3, -0.25) is 19.5 Å². The van der Waals surface area contributed by atoms with Crippen molar-refractivity contribution in [1.82, 2.24) is 9.88 Å². The zero-order valence-electron chi connectivity index (χ0n) is 14.9. The van der Waals surface area contributed by atoms with Gasteiger partial charge in [-0.25, -0.2) is 13.8 Å². The van der Waals surface area contributed by atoms with Gasteiger partial charge in [-0.1, -0.05) is 6.07 Å². The van der Waals surface area contributed by atoms with Crippen molar-refractivity contribution in [2.24, 2.45) is 10.7 Å². The molecule has 1 atom stereocenters. The Balaban J connectivity index is 1.95. The zero-order valence-corrected chi connectivity index (χ0v) is 14.9. The number of Topliss-reactive ketones (excluding diaryl/α,β-unsaturated/α-hetero) is 1. The van der Waals surface area contributed by atoms with Gasteiger partial charge < -0.3 is 5.73 Å². The van der Waals surface area contributed by atoms with Crippen LogP contribution in [0.15, 0.2) is 41.5 Å². The number of hydrogen-bond acceptors (Lipinski definition) is 5. The molecule has 1 aromatic heterocycles. The van der Waals surface area contributed by atoms with Gasteiger partial charge in [0.15, 0.2) is 17.6 Å². The summed E-state index contributed by atoms with van der Waals surface area (Å²) in [6, 6.07) is 6.64. The summed E-state index contributed by atoms with van der Waals surface area (Å²) in [5.74, 6) is -2.10. The van der Waals surface area contributed by atoms with Crippen molar-refractivity contribution in [3.05, 3.63) is 65.0 Å². The molecule has 1 amide bonds. The maximum absolute atomic E-state index is 14.5. The summed E-state index contributed by atoms with van der Waals surface area (Å²) >= 11 is 0. The summed E-state index contributed by atoms with van der Waals surface area (Å²) in [6.45, 7) is 1.60. The molecule has 1 aromatic carbocycles. The Labute approximate surface area is 154 Å². The van der Waals surface area contributed by atoms with E-state index in [4.69, 9.17) is 5.73 Å². The fourth-order valence-electron chi connectivity index (χ4n) is 3.02. The van der Waals surface area contributed by atoms with E-state index in [0.717, 1.165) is 6.07 Å². The molecular weight excluding hydrogens is 354 g/mol. The molecule has 2 aromatic rings. The highest BCUT2D eigenvalue weighted by molar-refractivity contribution is 5.99. The normalized spacial score (nSPS) is 19.8. The molecule has 3 rings (SSSR count). The number of amides is 1. The second-order valence-electron chi connectivity index (χ2n) is 6.62. The van der Waals surface area contributed by atoms with Crippen molar-refractivity contribution >= 4 is 17.6 Å². The summed E-state index contributed by atoms with van der Waals surface area (Å²) in [7, 11) is 1.49. The lowest BCUT2D eigenvalue weighted by molar-refractivity contribution is -0.128. The highest BCUT2D eigenvalue weighted by atomic mass is 19.1. The Morgan fingerprint density at radius 1 is 1.30 bits per heavy atom. The standard InChI is InChI=1S/C19H18F2N4O2/c1-19(10-16(27)25(2)18(22)24-19)12-8-11(5-6-13(12)20)9-15(26)17-14(21)4-3-7-23-17/h3-8H,9-10H2,1-2H3,(H2,22,24). The monoisotopic (exact) mass is 372 g/mol. The minimum atomic E-state index is -1.19. The van der Waals surface area contributed by atoms with Crippen molar-refractivity contribution < 1.29 is 18.4 Å². The Hall–Kier alpha value is -3.16. The fourth-order valence-corrected chi connectivity index (χ4v) is 3.02. The summed E-state index contributed by atoms with van der Waals surface area (Å²) in [5, 5.41) is 0. The molecule has 8 heteroatoms. The van der Waals surface area contributed by atoms with Gasteiger partial charge in [-0.05, 0) is 36.8 Å². The van der Waals surface area contributed by atoms with E-state index in [1.54, 1.807) is 6.92 Å². The van der Waals surface area contributed by atoms with Crippen LogP contribution in [0.4, 0.5) is 8.78 Å². The van der Waals surface area contributed by atoms with Crippen molar-refractivity contribution in [2.75, 3.05) is 7.05 Å². The summed E-state index contributed by atoms with van der Waals surface area (Å²) < 4.78 is 28.2. The number of carbonyl (C=O) groups excluding carboxylic acids is 2. The van der Waals surface area contributed by atoms with E-state index >= 15 is 0 Å². The van der Waals surface area contributed by atoms with Crippen LogP contribution in [0.1, 0.15) is 35.0 Å². The molecule has 1 unspecified atom stereocenters. The van der Waals surface area contributed by atoms with E-state index in [1.165, 1.54) is 42.4 Å². The molecule has 140 valence electrons. The average molecular weight is 372 g/mol. The molecule has 0 bridgehead atoms. The van der Waals surface area contributed by atoms with Crippen molar-refractivity contribution in [3.63, 3.8) is 0 Å². The molecule has 0 radical (unpaired) electrons. The molecule has 1 aliphatic heterocycles. The first-order valence-electron chi connectivity index (χ1n) is 8.26. The van der Waals surface area contributed by atoms with Crippen molar-refractivity contribution in [2.45, 2.75) is 25.3 Å². The number of pyridine rings is 1. The zero-order chi connectivity index (χ0) is 19.8. The molecule has 6 nitrogen and oxygen atoms in total. The van der Waals surface area contributed by atoms with Gasteiger partial charge in [0, 0.05) is 25.2 Å². The number of ketones is 1. The van der Waals surface area contributed by atoms with Crippen LogP contribution in [-0.4, -0.2) is 34.6 Å². The van der Waals surface area contributed by atoms with Gasteiger partial charge >= 0.3 is 0 Å². The second kappa shape index (κ2) is 6.86. The van der Waals surface area contributed by atoms with Crippen LogP contribution in [-0.2, 0) is 16.8 Å². The molecule has 0 fully saturated rings. The lowest BCUT2D eigenvalue weighted by Gasteiger charge is -2.34. The van der Waals surface area contributed by atoms with Crippen LogP contribution in [0.3, 0.4) is 0 Å². The fraction of sp³-hybridized carbons (Fsp3) is 0.263. The number of hydrogen-bond donors (Lipinski definition) is 1. The third kappa shape index (κ3) is 3.55. The quantitative estimate of drug-likeness (QED) is 0.833. The predicted molar refractivity (Wildman–Crippen MR) is 95.0 cm³/mol. The smallest absolute Gasteiger partial charge is 0.231 e. The summed E-state index contributed by atoms with van der Waals surface area (Å²) in [5.41, 5.74) is 4.92. The van der Waals surface area contributed by atoms with E-state index in [2.05, 4.69) is 9.98 Å². The van der Waals surface area contributed by atoms with Gasteiger partial charge in [0.05, 0.1) is 12.0 Å². The van der Waals surface area contributed by atoms with Crippen LogP contribution in [0.25, 0.3) is 0 Å². The minimum absolute atomic E-state index is 0.00909. The Bertz CT molecular complexity index is 960. The van der Waals surface area contributed by atoms with Crippen LogP contribution >= 0.6 is 0 Å². The van der Waals surface area contributed by atoms with Crippen LogP contribution < -0.4 is 5.73 Å². The van der Waals surface area contributed by atoms with Gasteiger partial charge in [0.2, 0.25) is 5.91 Å². The molecule has 27 heavy (non-hydrogen) atoms. The Morgan fingerprint density at radius 2 is 2.04 bits per heavy atom. The molecule has 2 heterocycles. The van der Waals surface area contributed by atoms with Crippen molar-refractivity contribution in [1.29, 1.82) is 0 Å². The highest BCUT2D eigenvalue weighted by Crippen LogP contribution is 2.35. The lowest BCUT2D eigenvalue weighted by atomic mass is 9.85. The number of halogens is 2. The number of carbonyl (C=O) groups is 2. The van der Waals surface area contributed by atoms with Gasteiger partial charge in [0.25, 0.3) is 0 Å². The Morgan fingerprint density at radius 3 is 2.70 bits per heavy atom. The molecule has 0 saturated heterocycles. The van der Waals surface area contributed by atoms with Crippen molar-refractivity contribution in [3.8, 4) is 0 Å². The number of nitrogens with two attached hydrogens (primary N) is 1. The van der Waals surface area contributed by atoms with E-state index in [-0.39, 0.29) is 36.0 Å². The van der Waals surface area contributed by atoms with Crippen LogP contribution in [0.5, 0.6) is 0 Å². The molecule has 2 N–H and O–H groups in total. The lowest BCUT2D eigenvalue weighted by Crippen LogP contribution is -2.47. The molecule has 1 aliphatic rings. The third-order valence-electron chi connectivity index (χ3n) is 4.57. The number of rotatable bonds is 4. The van der Waals surface area contributed by atoms with E-state index in [1.807, 2.05) is 0 Å². The SMILES string of the molecule is CN1C(=O)CC(C)(c2cc(CC(=O)c3ncccc3F)ccc2F)N=C1N. The van der Waals surface area contributed by atoms with Crippen LogP contribution in [0.2, 0.25) is 0 Å². The number of aliphatic imine (C=N–C) groups is 1. The second-order valence-corrected chi connectivity index (χ2v) is 6.62. The first-order chi connectivity index (χ1) is 12.7. The molecular formula is C19H18F2N4O2. The van der Waals surface area contributed by atoms with E-state index < -0.39 is 23.0 Å². The number of nitrogens with zero attached hydrogens (tertiary/aromatic N) is 3. The molecule has 0 aliphatic carbocycles. The Kier molecular flexibility index (Phi) is 4.73. The summed E-state index contributed by atoms with van der Waals surface area (Å²) in [6.07, 6.45) is 1.10. The minimum Gasteiger partial charge on any atom is -0.369 e. The van der Waals surface area contributed by atoms with E-state index in [0.29, 0.717) is 5.56 Å². The highest BCUT2D eigenvalue weighted by Gasteiger charge is 2.38. The topological polar surface area (TPSA) is 88.7 Å². The van der Waals surface area contributed by atoms with Gasteiger partial charge in [-0.15, -0.1) is 0 Å². The predicted octanol–water partition coefficient (Wildman–Crippen LogP) is 2.18. The molecule has 0 spiro atoms. The largest absolute Gasteiger partial charge is 0.369 e. The molecule has 0 saturated carbocycles. The van der Waals surface area contributed by atoms with E-state index in [9.17, 15) is 18.4 Å². The first kappa shape index (κ1) is 18.6.